The van der Waals surface area contributed by atoms with E-state index >= 15 is 0 Å². The summed E-state index contributed by atoms with van der Waals surface area (Å²) >= 11 is 5.79. The zero-order chi connectivity index (χ0) is 12.8. The van der Waals surface area contributed by atoms with Gasteiger partial charge in [-0.1, -0.05) is 43.2 Å². The summed E-state index contributed by atoms with van der Waals surface area (Å²) in [5.74, 6) is -0.110. The summed E-state index contributed by atoms with van der Waals surface area (Å²) in [7, 11) is 0. The fourth-order valence-electron chi connectivity index (χ4n) is 1.75. The van der Waals surface area contributed by atoms with Crippen molar-refractivity contribution in [1.29, 1.82) is 0 Å². The van der Waals surface area contributed by atoms with E-state index in [4.69, 9.17) is 11.6 Å². The van der Waals surface area contributed by atoms with Crippen LogP contribution in [0.5, 0.6) is 0 Å². The summed E-state index contributed by atoms with van der Waals surface area (Å²) in [5, 5.41) is 0.683. The van der Waals surface area contributed by atoms with Gasteiger partial charge in [0.25, 0.3) is 0 Å². The Balaban J connectivity index is 0.000000686. The second-order valence-corrected chi connectivity index (χ2v) is 4.26. The summed E-state index contributed by atoms with van der Waals surface area (Å²) in [6.07, 6.45) is 3.33. The normalized spacial score (nSPS) is 15.0. The first-order valence-corrected chi connectivity index (χ1v) is 6.36. The van der Waals surface area contributed by atoms with Gasteiger partial charge in [0, 0.05) is 5.02 Å². The van der Waals surface area contributed by atoms with Crippen LogP contribution in [0.15, 0.2) is 41.7 Å². The van der Waals surface area contributed by atoms with E-state index in [9.17, 15) is 4.39 Å². The molecule has 92 valence electrons. The largest absolute Gasteiger partial charge is 0.207 e. The van der Waals surface area contributed by atoms with E-state index in [0.717, 1.165) is 29.6 Å². The van der Waals surface area contributed by atoms with E-state index in [0.29, 0.717) is 5.02 Å². The second kappa shape index (κ2) is 6.61. The maximum atomic E-state index is 13.7. The number of rotatable bonds is 1. The highest BCUT2D eigenvalue weighted by Gasteiger charge is 2.12. The first kappa shape index (κ1) is 14.0. The third-order valence-corrected chi connectivity index (χ3v) is 2.88. The topological polar surface area (TPSA) is 0 Å². The molecule has 0 unspecified atom stereocenters. The van der Waals surface area contributed by atoms with Crippen molar-refractivity contribution in [2.45, 2.75) is 33.6 Å². The van der Waals surface area contributed by atoms with Crippen LogP contribution in [-0.4, -0.2) is 0 Å². The fourth-order valence-corrected chi connectivity index (χ4v) is 1.88. The molecule has 0 saturated carbocycles. The number of halogens is 2. The summed E-state index contributed by atoms with van der Waals surface area (Å²) in [4.78, 5) is 0. The van der Waals surface area contributed by atoms with E-state index in [2.05, 4.69) is 0 Å². The van der Waals surface area contributed by atoms with Crippen LogP contribution in [0.3, 0.4) is 0 Å². The Morgan fingerprint density at radius 1 is 1.06 bits per heavy atom. The van der Waals surface area contributed by atoms with Crippen molar-refractivity contribution in [3.05, 3.63) is 52.3 Å². The molecular weight excluding hydrogens is 235 g/mol. The number of benzene rings is 1. The molecule has 0 N–H and O–H groups in total. The summed E-state index contributed by atoms with van der Waals surface area (Å²) < 4.78 is 13.7. The average Bonchev–Trinajstić information content (AvgIpc) is 2.33. The van der Waals surface area contributed by atoms with E-state index in [1.54, 1.807) is 18.2 Å². The van der Waals surface area contributed by atoms with Gasteiger partial charge in [0.15, 0.2) is 0 Å². The van der Waals surface area contributed by atoms with Crippen molar-refractivity contribution >= 4 is 17.2 Å². The predicted octanol–water partition coefficient (Wildman–Crippen LogP) is 5.79. The maximum Gasteiger partial charge on any atom is 0.126 e. The molecule has 0 fully saturated rings. The van der Waals surface area contributed by atoms with Gasteiger partial charge in [-0.2, -0.15) is 0 Å². The van der Waals surface area contributed by atoms with Crippen molar-refractivity contribution in [2.75, 3.05) is 0 Å². The van der Waals surface area contributed by atoms with Crippen LogP contribution in [0.2, 0.25) is 5.02 Å². The van der Waals surface area contributed by atoms with Crippen molar-refractivity contribution in [2.24, 2.45) is 0 Å². The van der Waals surface area contributed by atoms with E-state index < -0.39 is 0 Å². The highest BCUT2D eigenvalue weighted by Crippen LogP contribution is 2.32. The summed E-state index contributed by atoms with van der Waals surface area (Å²) in [6, 6.07) is 7.32. The molecule has 2 heteroatoms. The van der Waals surface area contributed by atoms with Gasteiger partial charge in [0.2, 0.25) is 0 Å². The number of hydrogen-bond acceptors (Lipinski definition) is 0. The SMILES string of the molecule is CC.CC1=CC(F)=C(c2ccc(Cl)cc2)CC1. The van der Waals surface area contributed by atoms with Gasteiger partial charge >= 0.3 is 0 Å². The molecule has 0 radical (unpaired) electrons. The van der Waals surface area contributed by atoms with Gasteiger partial charge < -0.3 is 0 Å². The second-order valence-electron chi connectivity index (χ2n) is 3.82. The average molecular weight is 253 g/mol. The van der Waals surface area contributed by atoms with Crippen LogP contribution in [0.4, 0.5) is 4.39 Å². The quantitative estimate of drug-likeness (QED) is 0.594. The minimum Gasteiger partial charge on any atom is -0.207 e. The van der Waals surface area contributed by atoms with Gasteiger partial charge in [-0.15, -0.1) is 0 Å². The molecule has 0 heterocycles. The zero-order valence-electron chi connectivity index (χ0n) is 10.6. The molecule has 1 aromatic rings. The molecule has 0 atom stereocenters. The molecule has 2 rings (SSSR count). The predicted molar refractivity (Wildman–Crippen MR) is 73.8 cm³/mol. The molecular formula is C15H18ClF. The van der Waals surface area contributed by atoms with Crippen LogP contribution >= 0.6 is 11.6 Å². The Kier molecular flexibility index (Phi) is 5.43. The highest BCUT2D eigenvalue weighted by atomic mass is 35.5. The number of allylic oxidation sites excluding steroid dienone is 4. The van der Waals surface area contributed by atoms with E-state index in [-0.39, 0.29) is 5.83 Å². The Labute approximate surface area is 108 Å². The molecule has 0 spiro atoms. The lowest BCUT2D eigenvalue weighted by atomic mass is 9.93. The Morgan fingerprint density at radius 2 is 1.65 bits per heavy atom. The molecule has 0 bridgehead atoms. The van der Waals surface area contributed by atoms with Crippen LogP contribution in [0, 0.1) is 0 Å². The lowest BCUT2D eigenvalue weighted by Gasteiger charge is -2.14. The molecule has 0 nitrogen and oxygen atoms in total. The Morgan fingerprint density at radius 3 is 2.18 bits per heavy atom. The lowest BCUT2D eigenvalue weighted by molar-refractivity contribution is 0.655. The van der Waals surface area contributed by atoms with Crippen LogP contribution < -0.4 is 0 Å². The molecule has 0 amide bonds. The third kappa shape index (κ3) is 3.71. The lowest BCUT2D eigenvalue weighted by Crippen LogP contribution is -1.94. The molecule has 1 aliphatic carbocycles. The van der Waals surface area contributed by atoms with Crippen LogP contribution in [0.1, 0.15) is 39.2 Å². The van der Waals surface area contributed by atoms with Crippen LogP contribution in [-0.2, 0) is 0 Å². The molecule has 1 aromatic carbocycles. The standard InChI is InChI=1S/C13H12ClF.C2H6/c1-9-2-7-12(13(15)8-9)10-3-5-11(14)6-4-10;1-2/h3-6,8H,2,7H2,1H3;1-2H3. The zero-order valence-corrected chi connectivity index (χ0v) is 11.3. The first-order chi connectivity index (χ1) is 8.16. The summed E-state index contributed by atoms with van der Waals surface area (Å²) in [6.45, 7) is 5.96. The van der Waals surface area contributed by atoms with E-state index in [1.807, 2.05) is 32.9 Å². The molecule has 17 heavy (non-hydrogen) atoms. The maximum absolute atomic E-state index is 13.7. The van der Waals surface area contributed by atoms with Gasteiger partial charge in [-0.25, -0.2) is 4.39 Å². The number of hydrogen-bond donors (Lipinski definition) is 0. The monoisotopic (exact) mass is 252 g/mol. The Bertz CT molecular complexity index is 427. The van der Waals surface area contributed by atoms with Crippen molar-refractivity contribution in [3.8, 4) is 0 Å². The van der Waals surface area contributed by atoms with Gasteiger partial charge in [0.1, 0.15) is 5.83 Å². The van der Waals surface area contributed by atoms with Crippen molar-refractivity contribution in [1.82, 2.24) is 0 Å². The van der Waals surface area contributed by atoms with Gasteiger partial charge in [-0.3, -0.25) is 0 Å². The van der Waals surface area contributed by atoms with Crippen LogP contribution in [0.25, 0.3) is 5.57 Å². The molecule has 0 aliphatic heterocycles. The highest BCUT2D eigenvalue weighted by molar-refractivity contribution is 6.30. The van der Waals surface area contributed by atoms with E-state index in [1.165, 1.54) is 0 Å². The van der Waals surface area contributed by atoms with Gasteiger partial charge in [-0.05, 0) is 49.1 Å². The van der Waals surface area contributed by atoms with Crippen molar-refractivity contribution < 1.29 is 4.39 Å². The minimum absolute atomic E-state index is 0.110. The first-order valence-electron chi connectivity index (χ1n) is 5.98. The molecule has 1 aliphatic rings. The third-order valence-electron chi connectivity index (χ3n) is 2.62. The Hall–Kier alpha value is -1.08. The fraction of sp³-hybridized carbons (Fsp3) is 0.333. The smallest absolute Gasteiger partial charge is 0.126 e. The summed E-state index contributed by atoms with van der Waals surface area (Å²) in [5.41, 5.74) is 2.82. The minimum atomic E-state index is -0.110. The van der Waals surface area contributed by atoms with Crippen molar-refractivity contribution in [3.63, 3.8) is 0 Å². The molecule has 0 saturated heterocycles. The molecule has 0 aromatic heterocycles. The van der Waals surface area contributed by atoms with Gasteiger partial charge in [0.05, 0.1) is 0 Å².